The summed E-state index contributed by atoms with van der Waals surface area (Å²) in [5.41, 5.74) is 1.62. The molecule has 0 radical (unpaired) electrons. The van der Waals surface area contributed by atoms with Crippen molar-refractivity contribution in [2.24, 2.45) is 5.41 Å². The lowest BCUT2D eigenvalue weighted by Gasteiger charge is -2.30. The summed E-state index contributed by atoms with van der Waals surface area (Å²) in [6.45, 7) is 6.91. The Morgan fingerprint density at radius 1 is 1.60 bits per heavy atom. The van der Waals surface area contributed by atoms with Crippen molar-refractivity contribution in [3.8, 4) is 0 Å². The summed E-state index contributed by atoms with van der Waals surface area (Å²) in [5.74, 6) is 0. The van der Waals surface area contributed by atoms with Crippen molar-refractivity contribution >= 4 is 0 Å². The van der Waals surface area contributed by atoms with Gasteiger partial charge >= 0.3 is 0 Å². The molecule has 1 heterocycles. The van der Waals surface area contributed by atoms with E-state index in [9.17, 15) is 0 Å². The first-order valence-electron chi connectivity index (χ1n) is 5.85. The van der Waals surface area contributed by atoms with E-state index in [1.54, 1.807) is 0 Å². The number of rotatable bonds is 3. The smallest absolute Gasteiger partial charge is 0.0518 e. The second-order valence-electron chi connectivity index (χ2n) is 5.33. The number of aromatic nitrogens is 2. The Morgan fingerprint density at radius 3 is 2.93 bits per heavy atom. The molecule has 0 amide bonds. The normalized spacial score (nSPS) is 26.7. The van der Waals surface area contributed by atoms with Crippen LogP contribution < -0.4 is 5.32 Å². The number of H-pyrrole nitrogens is 1. The quantitative estimate of drug-likeness (QED) is 0.800. The van der Waals surface area contributed by atoms with Crippen LogP contribution in [0.15, 0.2) is 12.3 Å². The molecule has 1 fully saturated rings. The number of hydrogen-bond acceptors (Lipinski definition) is 2. The average molecular weight is 207 g/mol. The van der Waals surface area contributed by atoms with E-state index in [2.05, 4.69) is 36.3 Å². The van der Waals surface area contributed by atoms with Crippen molar-refractivity contribution in [2.75, 3.05) is 0 Å². The van der Waals surface area contributed by atoms with E-state index in [0.29, 0.717) is 17.5 Å². The number of nitrogens with zero attached hydrogens (tertiary/aromatic N) is 1. The Bertz CT molecular complexity index is 303. The lowest BCUT2D eigenvalue weighted by Crippen LogP contribution is -2.39. The third-order valence-corrected chi connectivity index (χ3v) is 3.70. The second-order valence-corrected chi connectivity index (χ2v) is 5.33. The highest BCUT2D eigenvalue weighted by Gasteiger charge is 2.35. The third kappa shape index (κ3) is 2.23. The van der Waals surface area contributed by atoms with Gasteiger partial charge < -0.3 is 5.32 Å². The van der Waals surface area contributed by atoms with Gasteiger partial charge in [0.15, 0.2) is 0 Å². The lowest BCUT2D eigenvalue weighted by atomic mass is 9.87. The minimum absolute atomic E-state index is 0.370. The number of nitrogens with one attached hydrogen (secondary N) is 2. The van der Waals surface area contributed by atoms with Gasteiger partial charge in [-0.1, -0.05) is 20.3 Å². The third-order valence-electron chi connectivity index (χ3n) is 3.70. The number of hydrogen-bond donors (Lipinski definition) is 2. The van der Waals surface area contributed by atoms with Crippen LogP contribution in [0.25, 0.3) is 0 Å². The highest BCUT2D eigenvalue weighted by molar-refractivity contribution is 5.05. The molecule has 2 unspecified atom stereocenters. The summed E-state index contributed by atoms with van der Waals surface area (Å²) in [5, 5.41) is 10.7. The van der Waals surface area contributed by atoms with E-state index in [0.717, 1.165) is 0 Å². The van der Waals surface area contributed by atoms with Crippen molar-refractivity contribution in [2.45, 2.75) is 52.1 Å². The van der Waals surface area contributed by atoms with Gasteiger partial charge in [-0.15, -0.1) is 0 Å². The minimum atomic E-state index is 0.370. The molecule has 1 aliphatic rings. The first kappa shape index (κ1) is 10.7. The Balaban J connectivity index is 1.97. The van der Waals surface area contributed by atoms with Crippen LogP contribution in [0.3, 0.4) is 0 Å². The summed E-state index contributed by atoms with van der Waals surface area (Å²) >= 11 is 0. The largest absolute Gasteiger partial charge is 0.306 e. The summed E-state index contributed by atoms with van der Waals surface area (Å²) in [4.78, 5) is 0. The molecule has 3 nitrogen and oxygen atoms in total. The van der Waals surface area contributed by atoms with Crippen LogP contribution in [-0.4, -0.2) is 16.2 Å². The van der Waals surface area contributed by atoms with E-state index in [-0.39, 0.29) is 0 Å². The molecule has 15 heavy (non-hydrogen) atoms. The maximum Gasteiger partial charge on any atom is 0.0518 e. The van der Waals surface area contributed by atoms with Crippen LogP contribution in [0, 0.1) is 5.41 Å². The fraction of sp³-hybridized carbons (Fsp3) is 0.750. The molecular weight excluding hydrogens is 186 g/mol. The van der Waals surface area contributed by atoms with Gasteiger partial charge in [0, 0.05) is 18.3 Å². The van der Waals surface area contributed by atoms with E-state index in [1.165, 1.54) is 25.0 Å². The van der Waals surface area contributed by atoms with E-state index in [4.69, 9.17) is 0 Å². The second kappa shape index (κ2) is 3.97. The van der Waals surface area contributed by atoms with Crippen molar-refractivity contribution in [3.63, 3.8) is 0 Å². The minimum Gasteiger partial charge on any atom is -0.306 e. The summed E-state index contributed by atoms with van der Waals surface area (Å²) in [7, 11) is 0. The highest BCUT2D eigenvalue weighted by Crippen LogP contribution is 2.38. The van der Waals surface area contributed by atoms with Crippen LogP contribution in [0.2, 0.25) is 0 Å². The highest BCUT2D eigenvalue weighted by atomic mass is 15.1. The van der Waals surface area contributed by atoms with Crippen LogP contribution in [0.1, 0.15) is 51.8 Å². The topological polar surface area (TPSA) is 40.7 Å². The molecule has 0 spiro atoms. The predicted octanol–water partition coefficient (Wildman–Crippen LogP) is 2.64. The molecule has 0 bridgehead atoms. The van der Waals surface area contributed by atoms with Gasteiger partial charge in [0.25, 0.3) is 0 Å². The van der Waals surface area contributed by atoms with Crippen LogP contribution in [0.4, 0.5) is 0 Å². The monoisotopic (exact) mass is 207 g/mol. The molecule has 0 aliphatic heterocycles. The lowest BCUT2D eigenvalue weighted by molar-refractivity contribution is 0.265. The molecule has 0 aromatic carbocycles. The van der Waals surface area contributed by atoms with Crippen LogP contribution >= 0.6 is 0 Å². The first-order chi connectivity index (χ1) is 7.09. The Kier molecular flexibility index (Phi) is 2.83. The van der Waals surface area contributed by atoms with Crippen molar-refractivity contribution in [1.82, 2.24) is 15.5 Å². The van der Waals surface area contributed by atoms with Crippen LogP contribution in [-0.2, 0) is 0 Å². The van der Waals surface area contributed by atoms with Gasteiger partial charge in [0.2, 0.25) is 0 Å². The number of aromatic amines is 1. The fourth-order valence-electron chi connectivity index (χ4n) is 2.54. The molecule has 1 saturated carbocycles. The molecule has 1 aromatic rings. The molecule has 1 aromatic heterocycles. The van der Waals surface area contributed by atoms with Gasteiger partial charge in [-0.05, 0) is 31.2 Å². The van der Waals surface area contributed by atoms with Crippen LogP contribution in [0.5, 0.6) is 0 Å². The van der Waals surface area contributed by atoms with Crippen molar-refractivity contribution in [1.29, 1.82) is 0 Å². The zero-order valence-electron chi connectivity index (χ0n) is 9.88. The van der Waals surface area contributed by atoms with Gasteiger partial charge in [0.1, 0.15) is 0 Å². The standard InChI is InChI=1S/C12H21N3/c1-9(10-6-8-13-15-10)14-11-5-4-7-12(11,2)3/h6,8-9,11,14H,4-5,7H2,1-3H3,(H,13,15). The van der Waals surface area contributed by atoms with E-state index in [1.807, 2.05) is 12.3 Å². The fourth-order valence-corrected chi connectivity index (χ4v) is 2.54. The van der Waals surface area contributed by atoms with Gasteiger partial charge in [-0.25, -0.2) is 0 Å². The Morgan fingerprint density at radius 2 is 2.40 bits per heavy atom. The van der Waals surface area contributed by atoms with Gasteiger partial charge in [0.05, 0.1) is 5.69 Å². The Hall–Kier alpha value is -0.830. The summed E-state index contributed by atoms with van der Waals surface area (Å²) in [6, 6.07) is 3.05. The zero-order valence-corrected chi connectivity index (χ0v) is 9.88. The maximum absolute atomic E-state index is 3.99. The van der Waals surface area contributed by atoms with Gasteiger partial charge in [-0.2, -0.15) is 5.10 Å². The molecular formula is C12H21N3. The summed E-state index contributed by atoms with van der Waals surface area (Å²) < 4.78 is 0. The van der Waals surface area contributed by atoms with Gasteiger partial charge in [-0.3, -0.25) is 5.10 Å². The maximum atomic E-state index is 3.99. The molecule has 0 saturated heterocycles. The molecule has 3 heteroatoms. The molecule has 2 atom stereocenters. The Labute approximate surface area is 91.7 Å². The van der Waals surface area contributed by atoms with E-state index < -0.39 is 0 Å². The van der Waals surface area contributed by atoms with Crippen molar-refractivity contribution in [3.05, 3.63) is 18.0 Å². The SMILES string of the molecule is CC(NC1CCCC1(C)C)c1ccn[nH]1. The first-order valence-corrected chi connectivity index (χ1v) is 5.85. The zero-order chi connectivity index (χ0) is 10.9. The average Bonchev–Trinajstić information content (AvgIpc) is 2.76. The van der Waals surface area contributed by atoms with E-state index >= 15 is 0 Å². The predicted molar refractivity (Wildman–Crippen MR) is 61.6 cm³/mol. The molecule has 84 valence electrons. The molecule has 2 rings (SSSR count). The molecule has 2 N–H and O–H groups in total. The molecule has 1 aliphatic carbocycles. The van der Waals surface area contributed by atoms with Crippen molar-refractivity contribution < 1.29 is 0 Å². The summed E-state index contributed by atoms with van der Waals surface area (Å²) in [6.07, 6.45) is 5.79.